The Balaban J connectivity index is 2.95. The minimum Gasteiger partial charge on any atom is -0.436 e. The SMILES string of the molecule is CC(=O)C(C)(C)c1ccc(OC(=S)Cl)cc1. The molecule has 0 N–H and O–H groups in total. The molecule has 0 atom stereocenters. The highest BCUT2D eigenvalue weighted by Crippen LogP contribution is 2.26. The van der Waals surface area contributed by atoms with Crippen molar-refractivity contribution in [1.82, 2.24) is 0 Å². The maximum absolute atomic E-state index is 11.5. The molecule has 2 nitrogen and oxygen atoms in total. The fourth-order valence-electron chi connectivity index (χ4n) is 1.24. The van der Waals surface area contributed by atoms with Crippen molar-refractivity contribution in [3.8, 4) is 5.75 Å². The topological polar surface area (TPSA) is 26.3 Å². The van der Waals surface area contributed by atoms with Crippen LogP contribution in [-0.4, -0.2) is 10.3 Å². The molecule has 0 radical (unpaired) electrons. The van der Waals surface area contributed by atoms with Crippen LogP contribution in [-0.2, 0) is 10.2 Å². The van der Waals surface area contributed by atoms with Gasteiger partial charge < -0.3 is 4.74 Å². The van der Waals surface area contributed by atoms with Gasteiger partial charge >= 0.3 is 0 Å². The number of ether oxygens (including phenoxy) is 1. The first-order valence-electron chi connectivity index (χ1n) is 4.83. The van der Waals surface area contributed by atoms with Gasteiger partial charge in [0.1, 0.15) is 11.5 Å². The maximum atomic E-state index is 11.5. The summed E-state index contributed by atoms with van der Waals surface area (Å²) in [5.74, 6) is 0.692. The van der Waals surface area contributed by atoms with E-state index in [1.54, 1.807) is 19.1 Å². The average Bonchev–Trinajstić information content (AvgIpc) is 2.17. The molecule has 0 heterocycles. The highest BCUT2D eigenvalue weighted by Gasteiger charge is 2.25. The molecule has 1 aromatic carbocycles. The molecule has 86 valence electrons. The van der Waals surface area contributed by atoms with Crippen LogP contribution in [0.1, 0.15) is 26.3 Å². The number of rotatable bonds is 3. The highest BCUT2D eigenvalue weighted by molar-refractivity contribution is 7.82. The van der Waals surface area contributed by atoms with Gasteiger partial charge in [-0.15, -0.1) is 0 Å². The first-order valence-corrected chi connectivity index (χ1v) is 5.61. The summed E-state index contributed by atoms with van der Waals surface area (Å²) in [5.41, 5.74) is 0.452. The molecule has 0 spiro atoms. The zero-order valence-corrected chi connectivity index (χ0v) is 11.0. The minimum absolute atomic E-state index is 0.0430. The van der Waals surface area contributed by atoms with Crippen LogP contribution in [0.5, 0.6) is 5.75 Å². The quantitative estimate of drug-likeness (QED) is 0.612. The summed E-state index contributed by atoms with van der Waals surface area (Å²) < 4.78 is 5.01. The lowest BCUT2D eigenvalue weighted by Gasteiger charge is -2.21. The molecule has 0 saturated heterocycles. The first-order chi connectivity index (χ1) is 7.34. The van der Waals surface area contributed by atoms with E-state index in [0.29, 0.717) is 5.75 Å². The second kappa shape index (κ2) is 4.93. The summed E-state index contributed by atoms with van der Waals surface area (Å²) in [5, 5.41) is 0. The Labute approximate surface area is 106 Å². The Kier molecular flexibility index (Phi) is 4.05. The molecule has 1 rings (SSSR count). The van der Waals surface area contributed by atoms with Crippen LogP contribution in [0.2, 0.25) is 0 Å². The van der Waals surface area contributed by atoms with E-state index in [0.717, 1.165) is 5.56 Å². The molecule has 4 heteroatoms. The Hall–Kier alpha value is -0.930. The number of thiocarbonyl (C=S) groups is 1. The zero-order chi connectivity index (χ0) is 12.3. The van der Waals surface area contributed by atoms with Gasteiger partial charge in [-0.2, -0.15) is 0 Å². The molecule has 0 aliphatic rings. The van der Waals surface area contributed by atoms with Gasteiger partial charge in [0.25, 0.3) is 4.51 Å². The molecule has 0 unspecified atom stereocenters. The van der Waals surface area contributed by atoms with Crippen molar-refractivity contribution in [2.24, 2.45) is 0 Å². The summed E-state index contributed by atoms with van der Waals surface area (Å²) in [6.45, 7) is 5.35. The number of benzene rings is 1. The van der Waals surface area contributed by atoms with Crippen LogP contribution in [0, 0.1) is 0 Å². The summed E-state index contributed by atoms with van der Waals surface area (Å²) >= 11 is 10.1. The van der Waals surface area contributed by atoms with E-state index in [2.05, 4.69) is 12.2 Å². The first kappa shape index (κ1) is 13.1. The molecule has 0 saturated carbocycles. The fourth-order valence-corrected chi connectivity index (χ4v) is 1.42. The van der Waals surface area contributed by atoms with Crippen molar-refractivity contribution < 1.29 is 9.53 Å². The largest absolute Gasteiger partial charge is 0.436 e. The van der Waals surface area contributed by atoms with Crippen molar-refractivity contribution in [2.45, 2.75) is 26.2 Å². The van der Waals surface area contributed by atoms with Gasteiger partial charge in [0.2, 0.25) is 0 Å². The lowest BCUT2D eigenvalue weighted by Crippen LogP contribution is -2.26. The lowest BCUT2D eigenvalue weighted by molar-refractivity contribution is -0.121. The second-order valence-corrected chi connectivity index (χ2v) is 4.98. The summed E-state index contributed by atoms with van der Waals surface area (Å²) in [6.07, 6.45) is 0. The summed E-state index contributed by atoms with van der Waals surface area (Å²) in [7, 11) is 0. The van der Waals surface area contributed by atoms with Gasteiger partial charge in [0, 0.05) is 5.41 Å². The van der Waals surface area contributed by atoms with Crippen LogP contribution in [0.4, 0.5) is 0 Å². The number of Topliss-reactive ketones (excluding diaryl/α,β-unsaturated/α-hetero) is 1. The average molecular weight is 257 g/mol. The van der Waals surface area contributed by atoms with Crippen LogP contribution in [0.25, 0.3) is 0 Å². The van der Waals surface area contributed by atoms with Crippen LogP contribution < -0.4 is 4.74 Å². The Morgan fingerprint density at radius 3 is 2.19 bits per heavy atom. The van der Waals surface area contributed by atoms with E-state index in [1.807, 2.05) is 26.0 Å². The minimum atomic E-state index is -0.486. The number of halogens is 1. The van der Waals surface area contributed by atoms with Gasteiger partial charge in [-0.1, -0.05) is 12.1 Å². The number of hydrogen-bond donors (Lipinski definition) is 0. The zero-order valence-electron chi connectivity index (χ0n) is 9.41. The van der Waals surface area contributed by atoms with Gasteiger partial charge in [-0.05, 0) is 62.3 Å². The van der Waals surface area contributed by atoms with Crippen molar-refractivity contribution >= 4 is 34.1 Å². The number of carbonyl (C=O) groups is 1. The third-order valence-electron chi connectivity index (χ3n) is 2.65. The standard InChI is InChI=1S/C12H13ClO2S/c1-8(14)12(2,3)9-4-6-10(7-5-9)15-11(13)16/h4-7H,1-3H3. The maximum Gasteiger partial charge on any atom is 0.260 e. The molecule has 0 bridgehead atoms. The predicted molar refractivity (Wildman–Crippen MR) is 69.2 cm³/mol. The Bertz CT molecular complexity index is 410. The van der Waals surface area contributed by atoms with E-state index >= 15 is 0 Å². The normalized spacial score (nSPS) is 11.0. The molecular formula is C12H13ClO2S. The molecule has 16 heavy (non-hydrogen) atoms. The Morgan fingerprint density at radius 1 is 1.31 bits per heavy atom. The third kappa shape index (κ3) is 3.03. The number of hydrogen-bond acceptors (Lipinski definition) is 3. The van der Waals surface area contributed by atoms with Crippen molar-refractivity contribution in [3.05, 3.63) is 29.8 Å². The van der Waals surface area contributed by atoms with Crippen molar-refractivity contribution in [2.75, 3.05) is 0 Å². The molecule has 0 fully saturated rings. The van der Waals surface area contributed by atoms with E-state index in [9.17, 15) is 4.79 Å². The van der Waals surface area contributed by atoms with Gasteiger partial charge in [0.05, 0.1) is 0 Å². The monoisotopic (exact) mass is 256 g/mol. The van der Waals surface area contributed by atoms with E-state index in [-0.39, 0.29) is 10.3 Å². The van der Waals surface area contributed by atoms with E-state index < -0.39 is 5.41 Å². The smallest absolute Gasteiger partial charge is 0.260 e. The lowest BCUT2D eigenvalue weighted by atomic mass is 9.81. The second-order valence-electron chi connectivity index (χ2n) is 4.05. The molecule has 0 aliphatic heterocycles. The van der Waals surface area contributed by atoms with Gasteiger partial charge in [0.15, 0.2) is 0 Å². The van der Waals surface area contributed by atoms with Gasteiger partial charge in [-0.3, -0.25) is 4.79 Å². The predicted octanol–water partition coefficient (Wildman–Crippen LogP) is 3.46. The van der Waals surface area contributed by atoms with E-state index in [4.69, 9.17) is 16.3 Å². The number of ketones is 1. The fraction of sp³-hybridized carbons (Fsp3) is 0.333. The van der Waals surface area contributed by atoms with E-state index in [1.165, 1.54) is 0 Å². The molecule has 1 aromatic rings. The Morgan fingerprint density at radius 2 is 1.81 bits per heavy atom. The summed E-state index contributed by atoms with van der Waals surface area (Å²) in [4.78, 5) is 11.5. The van der Waals surface area contributed by atoms with Crippen LogP contribution in [0.15, 0.2) is 24.3 Å². The van der Waals surface area contributed by atoms with Crippen molar-refractivity contribution in [3.63, 3.8) is 0 Å². The van der Waals surface area contributed by atoms with Gasteiger partial charge in [-0.25, -0.2) is 0 Å². The molecule has 0 amide bonds. The molecular weight excluding hydrogens is 244 g/mol. The van der Waals surface area contributed by atoms with Crippen LogP contribution in [0.3, 0.4) is 0 Å². The summed E-state index contributed by atoms with van der Waals surface area (Å²) in [6, 6.07) is 7.17. The third-order valence-corrected chi connectivity index (χ3v) is 2.81. The number of carbonyl (C=O) groups excluding carboxylic acids is 1. The highest BCUT2D eigenvalue weighted by atomic mass is 35.5. The van der Waals surface area contributed by atoms with Crippen molar-refractivity contribution in [1.29, 1.82) is 0 Å². The van der Waals surface area contributed by atoms with Crippen LogP contribution >= 0.6 is 23.8 Å². The molecule has 0 aliphatic carbocycles. The molecule has 0 aromatic heterocycles.